The number of nitrogens with zero attached hydrogens (tertiary/aromatic N) is 3. The number of ketones is 1. The predicted molar refractivity (Wildman–Crippen MR) is 102 cm³/mol. The van der Waals surface area contributed by atoms with Gasteiger partial charge in [0.05, 0.1) is 29.7 Å². The van der Waals surface area contributed by atoms with Crippen LogP contribution in [-0.2, 0) is 11.8 Å². The fourth-order valence-corrected chi connectivity index (χ4v) is 3.61. The SMILES string of the molecule is Cc1cc(NC(=O)c2c(C)c(C(=O)C(=O)N3CCC(F)(F)C3)n(C)c2C)cnc1F. The first-order valence-electron chi connectivity index (χ1n) is 9.23. The summed E-state index contributed by atoms with van der Waals surface area (Å²) in [5.74, 6) is -6.21. The molecule has 7 nitrogen and oxygen atoms in total. The molecular formula is C20H21F3N4O3. The monoisotopic (exact) mass is 422 g/mol. The third-order valence-electron chi connectivity index (χ3n) is 5.30. The molecule has 0 bridgehead atoms. The minimum atomic E-state index is -3.01. The standard InChI is InChI=1S/C20H21F3N4O3/c1-10-7-13(8-24-17(10)21)25-18(29)14-11(2)15(26(4)12(14)3)16(28)19(30)27-6-5-20(22,23)9-27/h7-8H,5-6,9H2,1-4H3,(H,25,29). The molecule has 0 atom stereocenters. The maximum Gasteiger partial charge on any atom is 0.296 e. The molecule has 3 rings (SSSR count). The molecule has 0 aromatic carbocycles. The maximum atomic E-state index is 13.4. The number of rotatable bonds is 4. The average molecular weight is 422 g/mol. The lowest BCUT2D eigenvalue weighted by Crippen LogP contribution is -2.37. The molecule has 1 N–H and O–H groups in total. The van der Waals surface area contributed by atoms with Gasteiger partial charge in [0.15, 0.2) is 0 Å². The molecule has 10 heteroatoms. The number of nitrogens with one attached hydrogen (secondary N) is 1. The van der Waals surface area contributed by atoms with Gasteiger partial charge in [-0.25, -0.2) is 13.8 Å². The number of anilines is 1. The van der Waals surface area contributed by atoms with Crippen LogP contribution >= 0.6 is 0 Å². The zero-order valence-electron chi connectivity index (χ0n) is 17.0. The molecule has 0 spiro atoms. The van der Waals surface area contributed by atoms with E-state index in [0.29, 0.717) is 5.69 Å². The van der Waals surface area contributed by atoms with Crippen LogP contribution in [0.25, 0.3) is 0 Å². The Morgan fingerprint density at radius 2 is 1.87 bits per heavy atom. The Hall–Kier alpha value is -3.17. The number of amides is 2. The number of hydrogen-bond acceptors (Lipinski definition) is 4. The summed E-state index contributed by atoms with van der Waals surface area (Å²) >= 11 is 0. The third-order valence-corrected chi connectivity index (χ3v) is 5.30. The second-order valence-electron chi connectivity index (χ2n) is 7.44. The number of aromatic nitrogens is 2. The molecule has 160 valence electrons. The topological polar surface area (TPSA) is 84.3 Å². The number of alkyl halides is 2. The van der Waals surface area contributed by atoms with Crippen molar-refractivity contribution >= 4 is 23.3 Å². The van der Waals surface area contributed by atoms with Crippen LogP contribution in [-0.4, -0.2) is 51.1 Å². The molecule has 1 aliphatic heterocycles. The molecule has 1 aliphatic rings. The smallest absolute Gasteiger partial charge is 0.296 e. The van der Waals surface area contributed by atoms with E-state index >= 15 is 0 Å². The molecule has 2 aromatic rings. The van der Waals surface area contributed by atoms with Crippen molar-refractivity contribution in [3.8, 4) is 0 Å². The van der Waals surface area contributed by atoms with Crippen LogP contribution in [0.2, 0.25) is 0 Å². The van der Waals surface area contributed by atoms with Crippen LogP contribution in [0.1, 0.15) is 44.1 Å². The van der Waals surface area contributed by atoms with Gasteiger partial charge in [-0.3, -0.25) is 14.4 Å². The van der Waals surface area contributed by atoms with Crippen LogP contribution < -0.4 is 5.32 Å². The van der Waals surface area contributed by atoms with E-state index in [-0.39, 0.29) is 34.6 Å². The van der Waals surface area contributed by atoms with Crippen LogP contribution in [0.15, 0.2) is 12.3 Å². The number of aryl methyl sites for hydroxylation is 1. The molecule has 1 saturated heterocycles. The molecule has 0 aliphatic carbocycles. The van der Waals surface area contributed by atoms with E-state index in [2.05, 4.69) is 10.3 Å². The molecular weight excluding hydrogens is 401 g/mol. The van der Waals surface area contributed by atoms with Gasteiger partial charge in [-0.05, 0) is 32.4 Å². The molecule has 1 fully saturated rings. The first kappa shape index (κ1) is 21.5. The van der Waals surface area contributed by atoms with Gasteiger partial charge in [0.2, 0.25) is 5.95 Å². The van der Waals surface area contributed by atoms with Crippen molar-refractivity contribution in [3.63, 3.8) is 0 Å². The summed E-state index contributed by atoms with van der Waals surface area (Å²) in [4.78, 5) is 42.4. The summed E-state index contributed by atoms with van der Waals surface area (Å²) in [6, 6.07) is 1.41. The van der Waals surface area contributed by atoms with Crippen molar-refractivity contribution < 1.29 is 27.6 Å². The van der Waals surface area contributed by atoms with Crippen LogP contribution in [0, 0.1) is 26.7 Å². The van der Waals surface area contributed by atoms with Crippen LogP contribution in [0.3, 0.4) is 0 Å². The second-order valence-corrected chi connectivity index (χ2v) is 7.44. The maximum absolute atomic E-state index is 13.4. The number of carbonyl (C=O) groups is 3. The largest absolute Gasteiger partial charge is 0.344 e. The molecule has 0 saturated carbocycles. The third kappa shape index (κ3) is 3.81. The molecule has 0 radical (unpaired) electrons. The van der Waals surface area contributed by atoms with E-state index in [1.54, 1.807) is 6.92 Å². The minimum Gasteiger partial charge on any atom is -0.344 e. The summed E-state index contributed by atoms with van der Waals surface area (Å²) in [5.41, 5.74) is 1.32. The van der Waals surface area contributed by atoms with E-state index in [0.717, 1.165) is 11.1 Å². The van der Waals surface area contributed by atoms with Gasteiger partial charge in [0.25, 0.3) is 23.5 Å². The number of halogens is 3. The summed E-state index contributed by atoms with van der Waals surface area (Å²) in [7, 11) is 1.52. The number of carbonyl (C=O) groups excluding carboxylic acids is 3. The Bertz CT molecular complexity index is 1060. The summed E-state index contributed by atoms with van der Waals surface area (Å²) < 4.78 is 41.6. The van der Waals surface area contributed by atoms with Crippen molar-refractivity contribution in [2.24, 2.45) is 7.05 Å². The number of pyridine rings is 1. The summed E-state index contributed by atoms with van der Waals surface area (Å²) in [5, 5.41) is 2.60. The highest BCUT2D eigenvalue weighted by atomic mass is 19.3. The van der Waals surface area contributed by atoms with Gasteiger partial charge in [-0.15, -0.1) is 0 Å². The van der Waals surface area contributed by atoms with Crippen molar-refractivity contribution in [3.05, 3.63) is 46.3 Å². The van der Waals surface area contributed by atoms with Gasteiger partial charge >= 0.3 is 0 Å². The predicted octanol–water partition coefficient (Wildman–Crippen LogP) is 2.79. The van der Waals surface area contributed by atoms with E-state index in [9.17, 15) is 27.6 Å². The highest BCUT2D eigenvalue weighted by molar-refractivity contribution is 6.43. The lowest BCUT2D eigenvalue weighted by atomic mass is 10.1. The fourth-order valence-electron chi connectivity index (χ4n) is 3.61. The van der Waals surface area contributed by atoms with E-state index in [4.69, 9.17) is 0 Å². The normalized spacial score (nSPS) is 15.4. The molecule has 30 heavy (non-hydrogen) atoms. The van der Waals surface area contributed by atoms with Crippen molar-refractivity contribution in [2.75, 3.05) is 18.4 Å². The fraction of sp³-hybridized carbons (Fsp3) is 0.400. The molecule has 3 heterocycles. The van der Waals surface area contributed by atoms with E-state index in [1.807, 2.05) is 0 Å². The Labute approximate surface area is 170 Å². The Balaban J connectivity index is 1.89. The molecule has 2 aromatic heterocycles. The number of Topliss-reactive ketones (excluding diaryl/α,β-unsaturated/α-hetero) is 1. The Morgan fingerprint density at radius 1 is 1.20 bits per heavy atom. The van der Waals surface area contributed by atoms with E-state index in [1.165, 1.54) is 31.5 Å². The lowest BCUT2D eigenvalue weighted by Gasteiger charge is -2.15. The zero-order valence-corrected chi connectivity index (χ0v) is 17.0. The minimum absolute atomic E-state index is 0.0359. The van der Waals surface area contributed by atoms with Gasteiger partial charge in [-0.1, -0.05) is 0 Å². The van der Waals surface area contributed by atoms with Gasteiger partial charge in [0, 0.05) is 31.3 Å². The molecule has 0 unspecified atom stereocenters. The van der Waals surface area contributed by atoms with Gasteiger partial charge in [0.1, 0.15) is 0 Å². The highest BCUT2D eigenvalue weighted by Crippen LogP contribution is 2.28. The summed E-state index contributed by atoms with van der Waals surface area (Å²) in [6.07, 6.45) is 0.674. The van der Waals surface area contributed by atoms with Crippen LogP contribution in [0.4, 0.5) is 18.9 Å². The summed E-state index contributed by atoms with van der Waals surface area (Å²) in [6.45, 7) is 3.60. The molecule has 2 amide bonds. The van der Waals surface area contributed by atoms with Crippen molar-refractivity contribution in [1.29, 1.82) is 0 Å². The highest BCUT2D eigenvalue weighted by Gasteiger charge is 2.42. The zero-order chi connectivity index (χ0) is 22.4. The number of hydrogen-bond donors (Lipinski definition) is 1. The van der Waals surface area contributed by atoms with Crippen molar-refractivity contribution in [2.45, 2.75) is 33.1 Å². The quantitative estimate of drug-likeness (QED) is 0.467. The van der Waals surface area contributed by atoms with E-state index < -0.39 is 42.4 Å². The number of likely N-dealkylation sites (tertiary alicyclic amines) is 1. The first-order valence-corrected chi connectivity index (χ1v) is 9.23. The second kappa shape index (κ2) is 7.58. The Morgan fingerprint density at radius 3 is 2.43 bits per heavy atom. The first-order chi connectivity index (χ1) is 13.9. The lowest BCUT2D eigenvalue weighted by molar-refractivity contribution is -0.126. The van der Waals surface area contributed by atoms with Crippen molar-refractivity contribution in [1.82, 2.24) is 14.5 Å². The average Bonchev–Trinajstić information content (AvgIpc) is 3.13. The Kier molecular flexibility index (Phi) is 5.44. The van der Waals surface area contributed by atoms with Gasteiger partial charge < -0.3 is 14.8 Å². The van der Waals surface area contributed by atoms with Gasteiger partial charge in [-0.2, -0.15) is 4.39 Å². The van der Waals surface area contributed by atoms with Crippen LogP contribution in [0.5, 0.6) is 0 Å².